The highest BCUT2D eigenvalue weighted by Crippen LogP contribution is 2.41. The number of carbonyl (C=O) groups is 1. The number of rotatable bonds is 4. The molecule has 0 radical (unpaired) electrons. The van der Waals surface area contributed by atoms with Crippen LogP contribution >= 0.6 is 11.3 Å². The van der Waals surface area contributed by atoms with Gasteiger partial charge in [-0.2, -0.15) is 11.3 Å². The SMILES string of the molecule is O=C(O)c1ccc2nc(C3CC3)n(Cc3ccsc3)c2c1. The summed E-state index contributed by atoms with van der Waals surface area (Å²) in [6.45, 7) is 0.759. The van der Waals surface area contributed by atoms with Gasteiger partial charge in [-0.1, -0.05) is 0 Å². The first-order chi connectivity index (χ1) is 10.2. The zero-order valence-corrected chi connectivity index (χ0v) is 12.1. The van der Waals surface area contributed by atoms with Gasteiger partial charge in [-0.25, -0.2) is 9.78 Å². The van der Waals surface area contributed by atoms with Crippen molar-refractivity contribution in [3.05, 3.63) is 52.0 Å². The van der Waals surface area contributed by atoms with Crippen molar-refractivity contribution in [2.24, 2.45) is 0 Å². The van der Waals surface area contributed by atoms with Gasteiger partial charge in [-0.05, 0) is 53.4 Å². The van der Waals surface area contributed by atoms with Gasteiger partial charge in [-0.3, -0.25) is 0 Å². The smallest absolute Gasteiger partial charge is 0.335 e. The van der Waals surface area contributed by atoms with Crippen LogP contribution in [0.4, 0.5) is 0 Å². The zero-order valence-electron chi connectivity index (χ0n) is 11.3. The molecule has 1 aliphatic carbocycles. The van der Waals surface area contributed by atoms with Crippen molar-refractivity contribution in [1.82, 2.24) is 9.55 Å². The minimum Gasteiger partial charge on any atom is -0.478 e. The molecule has 1 saturated carbocycles. The summed E-state index contributed by atoms with van der Waals surface area (Å²) in [5, 5.41) is 13.4. The number of nitrogens with zero attached hydrogens (tertiary/aromatic N) is 2. The van der Waals surface area contributed by atoms with Crippen LogP contribution in [0.15, 0.2) is 35.0 Å². The Bertz CT molecular complexity index is 816. The lowest BCUT2D eigenvalue weighted by Gasteiger charge is -2.07. The van der Waals surface area contributed by atoms with Gasteiger partial charge < -0.3 is 9.67 Å². The zero-order chi connectivity index (χ0) is 14.4. The predicted molar refractivity (Wildman–Crippen MR) is 82.1 cm³/mol. The summed E-state index contributed by atoms with van der Waals surface area (Å²) < 4.78 is 2.18. The van der Waals surface area contributed by atoms with Crippen LogP contribution in [0.25, 0.3) is 11.0 Å². The quantitative estimate of drug-likeness (QED) is 0.798. The summed E-state index contributed by atoms with van der Waals surface area (Å²) in [6, 6.07) is 7.29. The second kappa shape index (κ2) is 4.70. The lowest BCUT2D eigenvalue weighted by molar-refractivity contribution is 0.0697. The summed E-state index contributed by atoms with van der Waals surface area (Å²) >= 11 is 1.68. The second-order valence-corrected chi connectivity index (χ2v) is 6.25. The molecule has 1 aliphatic rings. The molecule has 1 fully saturated rings. The van der Waals surface area contributed by atoms with E-state index in [2.05, 4.69) is 21.4 Å². The largest absolute Gasteiger partial charge is 0.478 e. The number of thiophene rings is 1. The van der Waals surface area contributed by atoms with Crippen LogP contribution in [0.2, 0.25) is 0 Å². The fourth-order valence-electron chi connectivity index (χ4n) is 2.66. The van der Waals surface area contributed by atoms with Gasteiger partial charge in [-0.15, -0.1) is 0 Å². The Morgan fingerprint density at radius 3 is 2.90 bits per heavy atom. The van der Waals surface area contributed by atoms with Crippen LogP contribution in [0.3, 0.4) is 0 Å². The molecule has 3 aromatic rings. The molecule has 106 valence electrons. The molecule has 0 aliphatic heterocycles. The number of benzene rings is 1. The molecular formula is C16H14N2O2S. The molecular weight excluding hydrogens is 284 g/mol. The molecule has 2 heterocycles. The first-order valence-corrected chi connectivity index (χ1v) is 7.91. The Hall–Kier alpha value is -2.14. The van der Waals surface area contributed by atoms with E-state index in [4.69, 9.17) is 4.98 Å². The molecule has 21 heavy (non-hydrogen) atoms. The van der Waals surface area contributed by atoms with Crippen LogP contribution < -0.4 is 0 Å². The lowest BCUT2D eigenvalue weighted by atomic mass is 10.2. The van der Waals surface area contributed by atoms with Crippen LogP contribution in [-0.4, -0.2) is 20.6 Å². The number of aromatic carboxylic acids is 1. The fraction of sp³-hybridized carbons (Fsp3) is 0.250. The van der Waals surface area contributed by atoms with Crippen molar-refractivity contribution < 1.29 is 9.90 Å². The van der Waals surface area contributed by atoms with Gasteiger partial charge in [0.05, 0.1) is 23.1 Å². The molecule has 4 nitrogen and oxygen atoms in total. The van der Waals surface area contributed by atoms with E-state index in [1.165, 1.54) is 18.4 Å². The average molecular weight is 298 g/mol. The lowest BCUT2D eigenvalue weighted by Crippen LogP contribution is -2.04. The van der Waals surface area contributed by atoms with Crippen LogP contribution in [0.5, 0.6) is 0 Å². The van der Waals surface area contributed by atoms with E-state index in [0.29, 0.717) is 11.5 Å². The number of aromatic nitrogens is 2. The molecule has 5 heteroatoms. The topological polar surface area (TPSA) is 55.1 Å². The Morgan fingerprint density at radius 1 is 1.38 bits per heavy atom. The number of hydrogen-bond acceptors (Lipinski definition) is 3. The van der Waals surface area contributed by atoms with Gasteiger partial charge in [0, 0.05) is 5.92 Å². The third-order valence-corrected chi connectivity index (χ3v) is 4.62. The van der Waals surface area contributed by atoms with Crippen molar-refractivity contribution in [3.63, 3.8) is 0 Å². The van der Waals surface area contributed by atoms with Crippen molar-refractivity contribution >= 4 is 28.3 Å². The Balaban J connectivity index is 1.88. The number of carboxylic acid groups (broad SMARTS) is 1. The van der Waals surface area contributed by atoms with Crippen LogP contribution in [0, 0.1) is 0 Å². The number of fused-ring (bicyclic) bond motifs is 1. The van der Waals surface area contributed by atoms with E-state index in [1.54, 1.807) is 23.5 Å². The van der Waals surface area contributed by atoms with Crippen molar-refractivity contribution in [2.75, 3.05) is 0 Å². The van der Waals surface area contributed by atoms with E-state index >= 15 is 0 Å². The molecule has 0 spiro atoms. The molecule has 2 aromatic heterocycles. The highest BCUT2D eigenvalue weighted by Gasteiger charge is 2.29. The monoisotopic (exact) mass is 298 g/mol. The summed E-state index contributed by atoms with van der Waals surface area (Å²) in [6.07, 6.45) is 2.36. The highest BCUT2D eigenvalue weighted by molar-refractivity contribution is 7.07. The summed E-state index contributed by atoms with van der Waals surface area (Å²) in [5.74, 6) is 0.733. The van der Waals surface area contributed by atoms with Crippen molar-refractivity contribution in [2.45, 2.75) is 25.3 Å². The maximum absolute atomic E-state index is 11.2. The maximum Gasteiger partial charge on any atom is 0.335 e. The highest BCUT2D eigenvalue weighted by atomic mass is 32.1. The average Bonchev–Trinajstić information content (AvgIpc) is 3.07. The van der Waals surface area contributed by atoms with Crippen LogP contribution in [-0.2, 0) is 6.54 Å². The standard InChI is InChI=1S/C16H14N2O2S/c19-16(20)12-3-4-13-14(7-12)18(8-10-5-6-21-9-10)15(17-13)11-1-2-11/h3-7,9,11H,1-2,8H2,(H,19,20). The van der Waals surface area contributed by atoms with E-state index in [-0.39, 0.29) is 0 Å². The normalized spacial score (nSPS) is 14.7. The third kappa shape index (κ3) is 2.23. The number of hydrogen-bond donors (Lipinski definition) is 1. The predicted octanol–water partition coefficient (Wildman–Crippen LogP) is 3.72. The summed E-state index contributed by atoms with van der Waals surface area (Å²) in [7, 11) is 0. The van der Waals surface area contributed by atoms with Gasteiger partial charge in [0.2, 0.25) is 0 Å². The molecule has 1 N–H and O–H groups in total. The Morgan fingerprint density at radius 2 is 2.24 bits per heavy atom. The summed E-state index contributed by atoms with van der Waals surface area (Å²) in [4.78, 5) is 15.9. The second-order valence-electron chi connectivity index (χ2n) is 5.47. The van der Waals surface area contributed by atoms with Gasteiger partial charge in [0.1, 0.15) is 5.82 Å². The van der Waals surface area contributed by atoms with E-state index in [1.807, 2.05) is 6.07 Å². The van der Waals surface area contributed by atoms with Crippen molar-refractivity contribution in [1.29, 1.82) is 0 Å². The molecule has 0 bridgehead atoms. The molecule has 0 unspecified atom stereocenters. The number of imidazole rings is 1. The van der Waals surface area contributed by atoms with Gasteiger partial charge in [0.15, 0.2) is 0 Å². The van der Waals surface area contributed by atoms with E-state index < -0.39 is 5.97 Å². The van der Waals surface area contributed by atoms with Crippen LogP contribution in [0.1, 0.15) is 40.5 Å². The van der Waals surface area contributed by atoms with Crippen molar-refractivity contribution in [3.8, 4) is 0 Å². The first kappa shape index (κ1) is 12.6. The fourth-order valence-corrected chi connectivity index (χ4v) is 3.32. The van der Waals surface area contributed by atoms with E-state index in [9.17, 15) is 9.90 Å². The Labute approximate surface area is 125 Å². The molecule has 4 rings (SSSR count). The number of carboxylic acids is 1. The third-order valence-electron chi connectivity index (χ3n) is 3.89. The molecule has 0 saturated heterocycles. The van der Waals surface area contributed by atoms with Gasteiger partial charge in [0.25, 0.3) is 0 Å². The molecule has 1 aromatic carbocycles. The Kier molecular flexibility index (Phi) is 2.82. The first-order valence-electron chi connectivity index (χ1n) is 6.97. The summed E-state index contributed by atoms with van der Waals surface area (Å²) in [5.41, 5.74) is 3.36. The van der Waals surface area contributed by atoms with Gasteiger partial charge >= 0.3 is 5.97 Å². The maximum atomic E-state index is 11.2. The minimum absolute atomic E-state index is 0.316. The minimum atomic E-state index is -0.895. The van der Waals surface area contributed by atoms with E-state index in [0.717, 1.165) is 23.4 Å². The molecule has 0 amide bonds. The molecule has 0 atom stereocenters.